The van der Waals surface area contributed by atoms with Crippen LogP contribution in [0.15, 0.2) is 0 Å². The average Bonchev–Trinajstić information content (AvgIpc) is 2.80. The Hall–Kier alpha value is -1.10. The Morgan fingerprint density at radius 2 is 2.08 bits per heavy atom. The second-order valence-corrected chi connectivity index (χ2v) is 2.81. The summed E-state index contributed by atoms with van der Waals surface area (Å²) in [5, 5.41) is 9.58. The van der Waals surface area contributed by atoms with E-state index in [1.54, 1.807) is 0 Å². The molecule has 2 atom stereocenters. The van der Waals surface area contributed by atoms with Crippen LogP contribution in [-0.4, -0.2) is 36.2 Å². The van der Waals surface area contributed by atoms with Crippen LogP contribution in [0.25, 0.3) is 0 Å². The second-order valence-electron chi connectivity index (χ2n) is 2.81. The third kappa shape index (κ3) is 1.55. The van der Waals surface area contributed by atoms with E-state index in [9.17, 15) is 9.59 Å². The predicted octanol–water partition coefficient (Wildman–Crippen LogP) is -0.273. The quantitative estimate of drug-likeness (QED) is 0.596. The van der Waals surface area contributed by atoms with E-state index in [1.165, 1.54) is 14.2 Å². The number of carbonyl (C=O) groups excluding carboxylic acids is 1. The van der Waals surface area contributed by atoms with E-state index < -0.39 is 11.9 Å². The molecule has 0 radical (unpaired) electrons. The SMILES string of the molecule is CON(C)C(=O)[C@H]1C[C@@H]1C(=O)O. The van der Waals surface area contributed by atoms with Crippen LogP contribution in [0.1, 0.15) is 6.42 Å². The Kier molecular flexibility index (Phi) is 2.32. The molecule has 0 spiro atoms. The van der Waals surface area contributed by atoms with Gasteiger partial charge in [-0.3, -0.25) is 14.4 Å². The zero-order valence-corrected chi connectivity index (χ0v) is 6.98. The molecule has 68 valence electrons. The van der Waals surface area contributed by atoms with Gasteiger partial charge in [0.05, 0.1) is 18.9 Å². The van der Waals surface area contributed by atoms with Gasteiger partial charge in [-0.2, -0.15) is 0 Å². The van der Waals surface area contributed by atoms with Crippen LogP contribution >= 0.6 is 0 Å². The third-order valence-corrected chi connectivity index (χ3v) is 2.01. The Balaban J connectivity index is 2.43. The number of rotatable bonds is 3. The molecule has 0 aromatic carbocycles. The number of hydrogen-bond donors (Lipinski definition) is 1. The summed E-state index contributed by atoms with van der Waals surface area (Å²) in [6.45, 7) is 0. The minimum atomic E-state index is -0.905. The van der Waals surface area contributed by atoms with Crippen molar-refractivity contribution in [1.29, 1.82) is 0 Å². The summed E-state index contributed by atoms with van der Waals surface area (Å²) in [5.41, 5.74) is 0. The highest BCUT2D eigenvalue weighted by atomic mass is 16.7. The van der Waals surface area contributed by atoms with E-state index in [0.29, 0.717) is 6.42 Å². The second kappa shape index (κ2) is 3.10. The summed E-state index contributed by atoms with van der Waals surface area (Å²) in [4.78, 5) is 26.2. The number of amides is 1. The van der Waals surface area contributed by atoms with Crippen LogP contribution in [0.2, 0.25) is 0 Å². The van der Waals surface area contributed by atoms with E-state index in [2.05, 4.69) is 4.84 Å². The smallest absolute Gasteiger partial charge is 0.307 e. The van der Waals surface area contributed by atoms with Gasteiger partial charge in [0.1, 0.15) is 0 Å². The number of carbonyl (C=O) groups is 2. The molecular weight excluding hydrogens is 162 g/mol. The standard InChI is InChI=1S/C7H11NO4/c1-8(12-2)6(9)4-3-5(4)7(10)11/h4-5H,3H2,1-2H3,(H,10,11)/t4-,5-/m0/s1. The molecule has 1 aliphatic rings. The van der Waals surface area contributed by atoms with Gasteiger partial charge in [-0.05, 0) is 6.42 Å². The number of hydrogen-bond acceptors (Lipinski definition) is 3. The minimum Gasteiger partial charge on any atom is -0.481 e. The fraction of sp³-hybridized carbons (Fsp3) is 0.714. The maximum Gasteiger partial charge on any atom is 0.307 e. The molecule has 1 N–H and O–H groups in total. The van der Waals surface area contributed by atoms with Crippen molar-refractivity contribution >= 4 is 11.9 Å². The first-order chi connectivity index (χ1) is 5.57. The highest BCUT2D eigenvalue weighted by molar-refractivity contribution is 5.88. The van der Waals surface area contributed by atoms with E-state index in [1.807, 2.05) is 0 Å². The van der Waals surface area contributed by atoms with Gasteiger partial charge in [0.15, 0.2) is 0 Å². The van der Waals surface area contributed by atoms with E-state index >= 15 is 0 Å². The topological polar surface area (TPSA) is 66.8 Å². The highest BCUT2D eigenvalue weighted by Gasteiger charge is 2.49. The number of nitrogens with zero attached hydrogens (tertiary/aromatic N) is 1. The minimum absolute atomic E-state index is 0.259. The highest BCUT2D eigenvalue weighted by Crippen LogP contribution is 2.39. The van der Waals surface area contributed by atoms with E-state index in [0.717, 1.165) is 5.06 Å². The lowest BCUT2D eigenvalue weighted by Crippen LogP contribution is -2.28. The van der Waals surface area contributed by atoms with Gasteiger partial charge in [-0.1, -0.05) is 0 Å². The molecule has 0 aliphatic heterocycles. The summed E-state index contributed by atoms with van der Waals surface area (Å²) in [5.74, 6) is -2.05. The van der Waals surface area contributed by atoms with Crippen LogP contribution in [-0.2, 0) is 14.4 Å². The Labute approximate surface area is 69.9 Å². The fourth-order valence-corrected chi connectivity index (χ4v) is 1.06. The summed E-state index contributed by atoms with van der Waals surface area (Å²) in [6.07, 6.45) is 0.432. The van der Waals surface area contributed by atoms with Crippen LogP contribution in [0.4, 0.5) is 0 Å². The maximum absolute atomic E-state index is 11.2. The summed E-state index contributed by atoms with van der Waals surface area (Å²) in [6, 6.07) is 0. The fourth-order valence-electron chi connectivity index (χ4n) is 1.06. The molecule has 5 heteroatoms. The molecule has 1 rings (SSSR count). The van der Waals surface area contributed by atoms with Gasteiger partial charge in [0.2, 0.25) is 5.91 Å². The van der Waals surface area contributed by atoms with Crippen molar-refractivity contribution in [3.05, 3.63) is 0 Å². The van der Waals surface area contributed by atoms with Crippen molar-refractivity contribution in [2.24, 2.45) is 11.8 Å². The first-order valence-electron chi connectivity index (χ1n) is 3.62. The van der Waals surface area contributed by atoms with Gasteiger partial charge in [0, 0.05) is 7.05 Å². The first-order valence-corrected chi connectivity index (χ1v) is 3.62. The van der Waals surface area contributed by atoms with Gasteiger partial charge in [-0.25, -0.2) is 5.06 Å². The molecule has 0 aromatic heterocycles. The van der Waals surface area contributed by atoms with E-state index in [-0.39, 0.29) is 11.8 Å². The van der Waals surface area contributed by atoms with Gasteiger partial charge in [-0.15, -0.1) is 0 Å². The molecule has 1 saturated carbocycles. The van der Waals surface area contributed by atoms with Crippen molar-refractivity contribution in [3.8, 4) is 0 Å². The third-order valence-electron chi connectivity index (χ3n) is 2.01. The average molecular weight is 173 g/mol. The van der Waals surface area contributed by atoms with Crippen molar-refractivity contribution in [2.75, 3.05) is 14.2 Å². The molecule has 1 amide bonds. The lowest BCUT2D eigenvalue weighted by atomic mass is 10.3. The number of carboxylic acid groups (broad SMARTS) is 1. The van der Waals surface area contributed by atoms with Gasteiger partial charge >= 0.3 is 5.97 Å². The molecule has 12 heavy (non-hydrogen) atoms. The summed E-state index contributed by atoms with van der Waals surface area (Å²) >= 11 is 0. The lowest BCUT2D eigenvalue weighted by Gasteiger charge is -2.12. The Morgan fingerprint density at radius 1 is 1.50 bits per heavy atom. The summed E-state index contributed by atoms with van der Waals surface area (Å²) in [7, 11) is 2.84. The Morgan fingerprint density at radius 3 is 2.42 bits per heavy atom. The normalized spacial score (nSPS) is 26.5. The monoisotopic (exact) mass is 173 g/mol. The molecule has 0 unspecified atom stereocenters. The lowest BCUT2D eigenvalue weighted by molar-refractivity contribution is -0.171. The van der Waals surface area contributed by atoms with Crippen molar-refractivity contribution < 1.29 is 19.5 Å². The largest absolute Gasteiger partial charge is 0.481 e. The molecule has 0 heterocycles. The molecule has 1 fully saturated rings. The predicted molar refractivity (Wildman–Crippen MR) is 39.0 cm³/mol. The van der Waals surface area contributed by atoms with Crippen molar-refractivity contribution in [2.45, 2.75) is 6.42 Å². The maximum atomic E-state index is 11.2. The number of hydroxylamine groups is 2. The summed E-state index contributed by atoms with van der Waals surface area (Å²) < 4.78 is 0. The first kappa shape index (κ1) is 8.99. The van der Waals surface area contributed by atoms with Crippen LogP contribution in [0.5, 0.6) is 0 Å². The number of carboxylic acids is 1. The Bertz CT molecular complexity index is 215. The van der Waals surface area contributed by atoms with Crippen molar-refractivity contribution in [1.82, 2.24) is 5.06 Å². The van der Waals surface area contributed by atoms with Crippen LogP contribution in [0, 0.1) is 11.8 Å². The van der Waals surface area contributed by atoms with Crippen LogP contribution in [0.3, 0.4) is 0 Å². The molecule has 1 aliphatic carbocycles. The van der Waals surface area contributed by atoms with Crippen LogP contribution < -0.4 is 0 Å². The molecular formula is C7H11NO4. The van der Waals surface area contributed by atoms with Crippen molar-refractivity contribution in [3.63, 3.8) is 0 Å². The molecule has 0 aromatic rings. The van der Waals surface area contributed by atoms with Gasteiger partial charge in [0.25, 0.3) is 0 Å². The van der Waals surface area contributed by atoms with E-state index in [4.69, 9.17) is 5.11 Å². The zero-order chi connectivity index (χ0) is 9.30. The molecule has 5 nitrogen and oxygen atoms in total. The zero-order valence-electron chi connectivity index (χ0n) is 6.98. The molecule has 0 saturated heterocycles. The number of aliphatic carboxylic acids is 1. The van der Waals surface area contributed by atoms with Gasteiger partial charge < -0.3 is 5.11 Å². The molecule has 0 bridgehead atoms.